The van der Waals surface area contributed by atoms with Gasteiger partial charge in [-0.15, -0.1) is 0 Å². The first-order valence-electron chi connectivity index (χ1n) is 11.6. The fraction of sp³-hybridized carbons (Fsp3) is 0.280. The lowest BCUT2D eigenvalue weighted by molar-refractivity contribution is 0.0937. The summed E-state index contributed by atoms with van der Waals surface area (Å²) in [4.78, 5) is 23.9. The molecule has 0 unspecified atom stereocenters. The van der Waals surface area contributed by atoms with Gasteiger partial charge >= 0.3 is 0 Å². The Morgan fingerprint density at radius 3 is 2.58 bits per heavy atom. The molecule has 1 aromatic carbocycles. The van der Waals surface area contributed by atoms with Crippen molar-refractivity contribution in [3.63, 3.8) is 0 Å². The Bertz CT molecular complexity index is 1510. The highest BCUT2D eigenvalue weighted by atomic mass is 32.2. The zero-order valence-electron chi connectivity index (χ0n) is 19.6. The molecule has 0 radical (unpaired) electrons. The minimum absolute atomic E-state index is 0.107. The predicted molar refractivity (Wildman–Crippen MR) is 134 cm³/mol. The van der Waals surface area contributed by atoms with Crippen LogP contribution in [0.3, 0.4) is 0 Å². The van der Waals surface area contributed by atoms with Gasteiger partial charge in [-0.05, 0) is 48.4 Å². The average Bonchev–Trinajstić information content (AvgIpc) is 3.32. The standard InChI is InChI=1S/C25H25FN6O3S/c1-2-22(17-7-8-28-24(13-17)31-9-11-36(34,35)12-10-31)30-25(33)21-14-27-16-23-20(21)15-29-32(23)19-5-3-18(26)4-6-19/h3-8,13-16,22H,2,9-12H2,1H3,(H,30,33)/t22-/m0/s1. The first-order chi connectivity index (χ1) is 17.3. The van der Waals surface area contributed by atoms with Gasteiger partial charge in [0.2, 0.25) is 0 Å². The van der Waals surface area contributed by atoms with E-state index in [0.29, 0.717) is 47.5 Å². The minimum atomic E-state index is -2.99. The number of anilines is 1. The smallest absolute Gasteiger partial charge is 0.254 e. The first-order valence-corrected chi connectivity index (χ1v) is 13.5. The largest absolute Gasteiger partial charge is 0.355 e. The van der Waals surface area contributed by atoms with Crippen LogP contribution in [-0.2, 0) is 9.84 Å². The Hall–Kier alpha value is -3.86. The molecule has 1 amide bonds. The summed E-state index contributed by atoms with van der Waals surface area (Å²) < 4.78 is 38.5. The van der Waals surface area contributed by atoms with Crippen molar-refractivity contribution < 1.29 is 17.6 Å². The fourth-order valence-electron chi connectivity index (χ4n) is 4.33. The molecule has 0 bridgehead atoms. The number of rotatable bonds is 6. The molecule has 4 heterocycles. The van der Waals surface area contributed by atoms with Crippen LogP contribution in [-0.4, -0.2) is 58.7 Å². The summed E-state index contributed by atoms with van der Waals surface area (Å²) in [6, 6.07) is 9.40. The van der Waals surface area contributed by atoms with Crippen molar-refractivity contribution >= 4 is 32.5 Å². The van der Waals surface area contributed by atoms with Crippen molar-refractivity contribution in [1.82, 2.24) is 25.1 Å². The number of hydrogen-bond donors (Lipinski definition) is 1. The normalized spacial score (nSPS) is 16.1. The van der Waals surface area contributed by atoms with Crippen molar-refractivity contribution in [2.75, 3.05) is 29.5 Å². The molecule has 1 fully saturated rings. The summed E-state index contributed by atoms with van der Waals surface area (Å²) in [5.41, 5.74) is 2.56. The molecule has 0 aliphatic carbocycles. The van der Waals surface area contributed by atoms with Crippen LogP contribution in [0.15, 0.2) is 61.2 Å². The number of sulfone groups is 1. The molecule has 3 aromatic heterocycles. The number of carbonyl (C=O) groups is 1. The second kappa shape index (κ2) is 9.65. The highest BCUT2D eigenvalue weighted by molar-refractivity contribution is 7.91. The Morgan fingerprint density at radius 2 is 1.86 bits per heavy atom. The third-order valence-electron chi connectivity index (χ3n) is 6.37. The van der Waals surface area contributed by atoms with Crippen LogP contribution in [0.5, 0.6) is 0 Å². The van der Waals surface area contributed by atoms with Crippen molar-refractivity contribution in [1.29, 1.82) is 0 Å². The van der Waals surface area contributed by atoms with E-state index in [1.54, 1.807) is 35.4 Å². The number of benzene rings is 1. The van der Waals surface area contributed by atoms with Crippen molar-refractivity contribution in [2.24, 2.45) is 0 Å². The number of nitrogens with one attached hydrogen (secondary N) is 1. The van der Waals surface area contributed by atoms with E-state index in [2.05, 4.69) is 20.4 Å². The number of fused-ring (bicyclic) bond motifs is 1. The van der Waals surface area contributed by atoms with E-state index in [1.165, 1.54) is 18.3 Å². The molecule has 36 heavy (non-hydrogen) atoms. The minimum Gasteiger partial charge on any atom is -0.355 e. The van der Waals surface area contributed by atoms with Crippen LogP contribution in [0.2, 0.25) is 0 Å². The molecule has 1 aliphatic heterocycles. The molecule has 1 N–H and O–H groups in total. The highest BCUT2D eigenvalue weighted by Gasteiger charge is 2.24. The molecule has 11 heteroatoms. The molecule has 4 aromatic rings. The molecular weight excluding hydrogens is 483 g/mol. The van der Waals surface area contributed by atoms with Gasteiger partial charge in [0.1, 0.15) is 11.6 Å². The maximum atomic E-state index is 13.3. The van der Waals surface area contributed by atoms with E-state index in [4.69, 9.17) is 0 Å². The number of carbonyl (C=O) groups excluding carboxylic acids is 1. The van der Waals surface area contributed by atoms with Gasteiger partial charge in [-0.2, -0.15) is 5.10 Å². The predicted octanol–water partition coefficient (Wildman–Crippen LogP) is 3.07. The van der Waals surface area contributed by atoms with Gasteiger partial charge in [-0.1, -0.05) is 6.92 Å². The quantitative estimate of drug-likeness (QED) is 0.426. The molecule has 0 saturated carbocycles. The summed E-state index contributed by atoms with van der Waals surface area (Å²) in [5.74, 6) is 0.273. The Morgan fingerprint density at radius 1 is 1.11 bits per heavy atom. The van der Waals surface area contributed by atoms with E-state index in [-0.39, 0.29) is 29.3 Å². The average molecular weight is 509 g/mol. The second-order valence-corrected chi connectivity index (χ2v) is 11.0. The second-order valence-electron chi connectivity index (χ2n) is 8.67. The van der Waals surface area contributed by atoms with E-state index >= 15 is 0 Å². The van der Waals surface area contributed by atoms with E-state index in [0.717, 1.165) is 5.56 Å². The summed E-state index contributed by atoms with van der Waals surface area (Å²) in [5, 5.41) is 8.10. The Balaban J connectivity index is 1.38. The molecule has 1 aliphatic rings. The van der Waals surface area contributed by atoms with Gasteiger partial charge in [-0.3, -0.25) is 9.78 Å². The third-order valence-corrected chi connectivity index (χ3v) is 7.98. The van der Waals surface area contributed by atoms with Crippen molar-refractivity contribution in [2.45, 2.75) is 19.4 Å². The van der Waals surface area contributed by atoms with Gasteiger partial charge in [-0.25, -0.2) is 22.5 Å². The SMILES string of the molecule is CC[C@H](NC(=O)c1cncc2c1cnn2-c1ccc(F)cc1)c1ccnc(N2CCS(=O)(=O)CC2)c1. The van der Waals surface area contributed by atoms with E-state index in [1.807, 2.05) is 24.0 Å². The lowest BCUT2D eigenvalue weighted by Gasteiger charge is -2.28. The van der Waals surface area contributed by atoms with E-state index in [9.17, 15) is 17.6 Å². The monoisotopic (exact) mass is 508 g/mol. The van der Waals surface area contributed by atoms with E-state index < -0.39 is 9.84 Å². The molecule has 1 saturated heterocycles. The summed E-state index contributed by atoms with van der Waals surface area (Å²) in [6.07, 6.45) is 7.05. The number of pyridine rings is 2. The van der Waals surface area contributed by atoms with Crippen LogP contribution in [0.1, 0.15) is 35.3 Å². The van der Waals surface area contributed by atoms with Crippen LogP contribution in [0.25, 0.3) is 16.6 Å². The van der Waals surface area contributed by atoms with Crippen molar-refractivity contribution in [3.8, 4) is 5.69 Å². The zero-order chi connectivity index (χ0) is 25.3. The Labute approximate surface area is 207 Å². The van der Waals surface area contributed by atoms with Crippen molar-refractivity contribution in [3.05, 3.63) is 78.1 Å². The number of amides is 1. The highest BCUT2D eigenvalue weighted by Crippen LogP contribution is 2.25. The molecule has 1 atom stereocenters. The summed E-state index contributed by atoms with van der Waals surface area (Å²) >= 11 is 0. The van der Waals surface area contributed by atoms with Crippen LogP contribution < -0.4 is 10.2 Å². The van der Waals surface area contributed by atoms with Crippen LogP contribution >= 0.6 is 0 Å². The molecule has 0 spiro atoms. The van der Waals surface area contributed by atoms with Gasteiger partial charge in [0.05, 0.1) is 46.7 Å². The first kappa shape index (κ1) is 23.9. The molecule has 9 nitrogen and oxygen atoms in total. The number of halogens is 1. The Kier molecular flexibility index (Phi) is 6.40. The van der Waals surface area contributed by atoms with Gasteiger partial charge in [0.15, 0.2) is 9.84 Å². The fourth-order valence-corrected chi connectivity index (χ4v) is 5.53. The molecule has 186 valence electrons. The lowest BCUT2D eigenvalue weighted by atomic mass is 10.0. The maximum absolute atomic E-state index is 13.3. The molecular formula is C25H25FN6O3S. The van der Waals surface area contributed by atoms with Gasteiger partial charge in [0.25, 0.3) is 5.91 Å². The van der Waals surface area contributed by atoms with Crippen LogP contribution in [0, 0.1) is 5.82 Å². The molecule has 5 rings (SSSR count). The zero-order valence-corrected chi connectivity index (χ0v) is 20.4. The topological polar surface area (TPSA) is 110 Å². The summed E-state index contributed by atoms with van der Waals surface area (Å²) in [7, 11) is -2.99. The maximum Gasteiger partial charge on any atom is 0.254 e. The summed E-state index contributed by atoms with van der Waals surface area (Å²) in [6.45, 7) is 2.77. The van der Waals surface area contributed by atoms with Crippen LogP contribution in [0.4, 0.5) is 10.2 Å². The number of hydrogen-bond acceptors (Lipinski definition) is 7. The number of nitrogens with zero attached hydrogens (tertiary/aromatic N) is 5. The lowest BCUT2D eigenvalue weighted by Crippen LogP contribution is -2.40. The van der Waals surface area contributed by atoms with Gasteiger partial charge in [0, 0.05) is 30.9 Å². The number of aromatic nitrogens is 4. The third kappa shape index (κ3) is 4.78. The van der Waals surface area contributed by atoms with Gasteiger partial charge < -0.3 is 10.2 Å².